The molecular weight excluding hydrogens is 275 g/mol. The molecular formula is C18H25N2P. The number of nitrogens with zero attached hydrogens (tertiary/aromatic N) is 1. The van der Waals surface area contributed by atoms with Gasteiger partial charge in [-0.2, -0.15) is 0 Å². The van der Waals surface area contributed by atoms with Crippen molar-refractivity contribution >= 4 is 26.6 Å². The molecule has 0 aromatic heterocycles. The maximum absolute atomic E-state index is 5.70. The number of allylic oxidation sites excluding steroid dienone is 2. The Balaban J connectivity index is 3.31. The molecule has 0 radical (unpaired) electrons. The Bertz CT molecular complexity index is 595. The minimum atomic E-state index is 0.509. The zero-order chi connectivity index (χ0) is 15.8. The molecule has 21 heavy (non-hydrogen) atoms. The average Bonchev–Trinajstić information content (AvgIpc) is 2.51. The van der Waals surface area contributed by atoms with Crippen molar-refractivity contribution in [3.63, 3.8) is 0 Å². The zero-order valence-corrected chi connectivity index (χ0v) is 14.4. The quantitative estimate of drug-likeness (QED) is 0.613. The highest BCUT2D eigenvalue weighted by atomic mass is 31.0. The zero-order valence-electron chi connectivity index (χ0n) is 13.4. The summed E-state index contributed by atoms with van der Waals surface area (Å²) in [5.41, 5.74) is 12.6. The predicted molar refractivity (Wildman–Crippen MR) is 98.8 cm³/mol. The molecule has 0 aliphatic rings. The van der Waals surface area contributed by atoms with Gasteiger partial charge in [-0.1, -0.05) is 31.2 Å². The first-order valence-electron chi connectivity index (χ1n) is 7.27. The lowest BCUT2D eigenvalue weighted by Gasteiger charge is -2.11. The number of nitrogens with two attached hydrogens (primary N) is 1. The van der Waals surface area contributed by atoms with Crippen molar-refractivity contribution in [2.45, 2.75) is 34.1 Å². The molecule has 0 unspecified atom stereocenters. The fourth-order valence-electron chi connectivity index (χ4n) is 2.01. The lowest BCUT2D eigenvalue weighted by molar-refractivity contribution is 1.09. The van der Waals surface area contributed by atoms with Crippen molar-refractivity contribution in [2.75, 3.05) is 6.54 Å². The van der Waals surface area contributed by atoms with E-state index in [4.69, 9.17) is 10.7 Å². The SMILES string of the molecule is C\C=C(/C=N\C(=C(/C)CC)c1ccc(C=P)cc1C)CN. The van der Waals surface area contributed by atoms with E-state index in [1.165, 1.54) is 16.7 Å². The van der Waals surface area contributed by atoms with E-state index >= 15 is 0 Å². The highest BCUT2D eigenvalue weighted by Gasteiger charge is 2.07. The Labute approximate surface area is 130 Å². The molecule has 0 fully saturated rings. The van der Waals surface area contributed by atoms with Crippen LogP contribution in [0.2, 0.25) is 0 Å². The normalized spacial score (nSPS) is 13.5. The van der Waals surface area contributed by atoms with Crippen molar-refractivity contribution < 1.29 is 0 Å². The Morgan fingerprint density at radius 3 is 2.57 bits per heavy atom. The second-order valence-electron chi connectivity index (χ2n) is 5.03. The highest BCUT2D eigenvalue weighted by Crippen LogP contribution is 2.25. The van der Waals surface area contributed by atoms with Gasteiger partial charge in [0.2, 0.25) is 0 Å². The third-order valence-corrected chi connectivity index (χ3v) is 3.91. The summed E-state index contributed by atoms with van der Waals surface area (Å²) in [5, 5.41) is 0. The molecule has 0 bridgehead atoms. The number of rotatable bonds is 6. The van der Waals surface area contributed by atoms with Gasteiger partial charge in [-0.05, 0) is 55.3 Å². The molecule has 3 heteroatoms. The Morgan fingerprint density at radius 2 is 2.10 bits per heavy atom. The van der Waals surface area contributed by atoms with Gasteiger partial charge in [0.15, 0.2) is 0 Å². The third kappa shape index (κ3) is 4.77. The fraction of sp³-hybridized carbons (Fsp3) is 0.333. The van der Waals surface area contributed by atoms with Gasteiger partial charge in [-0.15, -0.1) is 8.86 Å². The topological polar surface area (TPSA) is 38.4 Å². The largest absolute Gasteiger partial charge is 0.326 e. The van der Waals surface area contributed by atoms with Crippen molar-refractivity contribution in [3.05, 3.63) is 52.1 Å². The van der Waals surface area contributed by atoms with Crippen molar-refractivity contribution in [3.8, 4) is 0 Å². The van der Waals surface area contributed by atoms with Crippen molar-refractivity contribution in [2.24, 2.45) is 10.7 Å². The summed E-state index contributed by atoms with van der Waals surface area (Å²) in [7, 11) is 3.43. The third-order valence-electron chi connectivity index (χ3n) is 3.57. The van der Waals surface area contributed by atoms with Crippen LogP contribution in [-0.2, 0) is 0 Å². The van der Waals surface area contributed by atoms with E-state index in [1.54, 1.807) is 0 Å². The molecule has 0 saturated heterocycles. The highest BCUT2D eigenvalue weighted by molar-refractivity contribution is 7.19. The smallest absolute Gasteiger partial charge is 0.0693 e. The monoisotopic (exact) mass is 300 g/mol. The summed E-state index contributed by atoms with van der Waals surface area (Å²) in [6, 6.07) is 6.37. The molecule has 0 saturated carbocycles. The van der Waals surface area contributed by atoms with Crippen LogP contribution >= 0.6 is 8.86 Å². The van der Waals surface area contributed by atoms with E-state index in [-0.39, 0.29) is 0 Å². The van der Waals surface area contributed by atoms with E-state index < -0.39 is 0 Å². The Kier molecular flexibility index (Phi) is 7.28. The number of hydrogen-bond acceptors (Lipinski definition) is 2. The molecule has 112 valence electrons. The summed E-state index contributed by atoms with van der Waals surface area (Å²) in [6.07, 6.45) is 4.85. The maximum Gasteiger partial charge on any atom is 0.0693 e. The number of hydrogen-bond donors (Lipinski definition) is 1. The van der Waals surface area contributed by atoms with E-state index in [0.717, 1.165) is 23.3 Å². The van der Waals surface area contributed by atoms with Crippen LogP contribution in [-0.4, -0.2) is 18.6 Å². The Morgan fingerprint density at radius 1 is 1.38 bits per heavy atom. The lowest BCUT2D eigenvalue weighted by atomic mass is 9.99. The van der Waals surface area contributed by atoms with E-state index in [0.29, 0.717) is 6.54 Å². The summed E-state index contributed by atoms with van der Waals surface area (Å²) in [4.78, 5) is 4.71. The van der Waals surface area contributed by atoms with Crippen LogP contribution in [0.5, 0.6) is 0 Å². The second kappa shape index (κ2) is 8.71. The molecule has 0 aliphatic heterocycles. The van der Waals surface area contributed by atoms with Gasteiger partial charge in [-0.3, -0.25) is 4.99 Å². The lowest BCUT2D eigenvalue weighted by Crippen LogP contribution is -2.04. The minimum absolute atomic E-state index is 0.509. The summed E-state index contributed by atoms with van der Waals surface area (Å²) in [6.45, 7) is 8.89. The van der Waals surface area contributed by atoms with Crippen LogP contribution in [0.3, 0.4) is 0 Å². The van der Waals surface area contributed by atoms with E-state index in [2.05, 4.69) is 47.8 Å². The minimum Gasteiger partial charge on any atom is -0.326 e. The summed E-state index contributed by atoms with van der Waals surface area (Å²) < 4.78 is 0. The first kappa shape index (κ1) is 17.6. The summed E-state index contributed by atoms with van der Waals surface area (Å²) >= 11 is 0. The Hall–Kier alpha value is -1.50. The first-order valence-corrected chi connectivity index (χ1v) is 7.85. The molecule has 0 spiro atoms. The van der Waals surface area contributed by atoms with E-state index in [1.807, 2.05) is 25.0 Å². The van der Waals surface area contributed by atoms with Crippen LogP contribution in [0.4, 0.5) is 0 Å². The first-order chi connectivity index (χ1) is 10.1. The van der Waals surface area contributed by atoms with Gasteiger partial charge in [0.25, 0.3) is 0 Å². The molecule has 1 aromatic carbocycles. The van der Waals surface area contributed by atoms with Gasteiger partial charge >= 0.3 is 0 Å². The number of aliphatic imine (C=N–C) groups is 1. The standard InChI is InChI=1S/C18H25N2P/c1-5-13(3)18(20-11-15(6-2)10-19)17-8-7-16(12-21)9-14(17)4/h6-9,11-12,21H,5,10,19H2,1-4H3/b15-6-,18-13+,20-11-. The van der Waals surface area contributed by atoms with Crippen LogP contribution in [0.1, 0.15) is 43.9 Å². The molecule has 0 amide bonds. The van der Waals surface area contributed by atoms with Gasteiger partial charge in [0, 0.05) is 18.3 Å². The average molecular weight is 300 g/mol. The second-order valence-corrected chi connectivity index (χ2v) is 5.32. The van der Waals surface area contributed by atoms with Crippen LogP contribution in [0, 0.1) is 6.92 Å². The van der Waals surface area contributed by atoms with E-state index in [9.17, 15) is 0 Å². The number of aryl methyl sites for hydroxylation is 1. The van der Waals surface area contributed by atoms with Crippen molar-refractivity contribution in [1.82, 2.24) is 0 Å². The van der Waals surface area contributed by atoms with Crippen molar-refractivity contribution in [1.29, 1.82) is 0 Å². The molecule has 0 heterocycles. The molecule has 2 nitrogen and oxygen atoms in total. The predicted octanol–water partition coefficient (Wildman–Crippen LogP) is 4.40. The molecule has 1 aromatic rings. The number of benzene rings is 1. The summed E-state index contributed by atoms with van der Waals surface area (Å²) in [5.74, 6) is 1.92. The maximum atomic E-state index is 5.70. The fourth-order valence-corrected chi connectivity index (χ4v) is 2.19. The van der Waals surface area contributed by atoms with Crippen LogP contribution < -0.4 is 5.73 Å². The van der Waals surface area contributed by atoms with Crippen LogP contribution in [0.25, 0.3) is 5.70 Å². The molecule has 0 aliphatic carbocycles. The van der Waals surface area contributed by atoms with Crippen LogP contribution in [0.15, 0.2) is 40.4 Å². The van der Waals surface area contributed by atoms with Gasteiger partial charge in [-0.25, -0.2) is 0 Å². The molecule has 0 atom stereocenters. The molecule has 1 rings (SSSR count). The van der Waals surface area contributed by atoms with Gasteiger partial charge in [0.05, 0.1) is 5.70 Å². The van der Waals surface area contributed by atoms with Gasteiger partial charge < -0.3 is 5.73 Å². The molecule has 2 N–H and O–H groups in total. The van der Waals surface area contributed by atoms with Gasteiger partial charge in [0.1, 0.15) is 0 Å².